The van der Waals surface area contributed by atoms with E-state index >= 15 is 0 Å². The molecule has 1 fully saturated rings. The molecular weight excluding hydrogens is 190 g/mol. The van der Waals surface area contributed by atoms with Crippen molar-refractivity contribution in [3.8, 4) is 0 Å². The van der Waals surface area contributed by atoms with Crippen molar-refractivity contribution < 1.29 is 5.11 Å². The average Bonchev–Trinajstić information content (AvgIpc) is 2.19. The molecule has 15 heavy (non-hydrogen) atoms. The van der Waals surface area contributed by atoms with Crippen molar-refractivity contribution in [3.63, 3.8) is 0 Å². The van der Waals surface area contributed by atoms with E-state index in [1.807, 2.05) is 13.8 Å². The smallest absolute Gasteiger partial charge is 0.0632 e. The fraction of sp³-hybridized carbons (Fsp3) is 0.727. The first-order valence-corrected chi connectivity index (χ1v) is 5.34. The Labute approximate surface area is 91.1 Å². The van der Waals surface area contributed by atoms with Gasteiger partial charge in [-0.3, -0.25) is 0 Å². The van der Waals surface area contributed by atoms with Crippen molar-refractivity contribution in [2.45, 2.75) is 25.9 Å². The van der Waals surface area contributed by atoms with Crippen LogP contribution in [0.3, 0.4) is 0 Å². The lowest BCUT2D eigenvalue weighted by atomic mass is 9.78. The minimum Gasteiger partial charge on any atom is -0.404 e. The first-order chi connectivity index (χ1) is 6.99. The van der Waals surface area contributed by atoms with E-state index in [1.54, 1.807) is 0 Å². The number of rotatable bonds is 3. The molecule has 0 aliphatic carbocycles. The SMILES string of the molecule is CC(C)(O)C1CNCC(/C(C=N)=C/N)C1. The zero-order valence-corrected chi connectivity index (χ0v) is 9.46. The van der Waals surface area contributed by atoms with Crippen LogP contribution in [-0.2, 0) is 0 Å². The van der Waals surface area contributed by atoms with Crippen LogP contribution < -0.4 is 11.1 Å². The molecule has 2 unspecified atom stereocenters. The molecule has 0 saturated carbocycles. The van der Waals surface area contributed by atoms with Crippen molar-refractivity contribution in [2.75, 3.05) is 13.1 Å². The number of piperidine rings is 1. The zero-order valence-electron chi connectivity index (χ0n) is 9.46. The highest BCUT2D eigenvalue weighted by Gasteiger charge is 2.32. The minimum atomic E-state index is -0.673. The summed E-state index contributed by atoms with van der Waals surface area (Å²) in [5.74, 6) is 0.462. The third-order valence-corrected chi connectivity index (χ3v) is 3.18. The van der Waals surface area contributed by atoms with Crippen molar-refractivity contribution in [3.05, 3.63) is 11.8 Å². The van der Waals surface area contributed by atoms with Crippen LogP contribution in [0.4, 0.5) is 0 Å². The number of hydrogen-bond donors (Lipinski definition) is 4. The maximum absolute atomic E-state index is 9.94. The van der Waals surface area contributed by atoms with Crippen LogP contribution in [0.1, 0.15) is 20.3 Å². The van der Waals surface area contributed by atoms with Crippen LogP contribution in [0.2, 0.25) is 0 Å². The summed E-state index contributed by atoms with van der Waals surface area (Å²) < 4.78 is 0. The molecule has 0 aromatic rings. The van der Waals surface area contributed by atoms with E-state index in [4.69, 9.17) is 11.1 Å². The second-order valence-electron chi connectivity index (χ2n) is 4.75. The molecule has 2 atom stereocenters. The van der Waals surface area contributed by atoms with Gasteiger partial charge in [-0.25, -0.2) is 0 Å². The molecule has 86 valence electrons. The van der Waals surface area contributed by atoms with E-state index < -0.39 is 5.60 Å². The van der Waals surface area contributed by atoms with E-state index in [2.05, 4.69) is 5.32 Å². The second-order valence-corrected chi connectivity index (χ2v) is 4.75. The van der Waals surface area contributed by atoms with Gasteiger partial charge in [-0.15, -0.1) is 0 Å². The summed E-state index contributed by atoms with van der Waals surface area (Å²) in [7, 11) is 0. The Balaban J connectivity index is 2.68. The molecule has 4 nitrogen and oxygen atoms in total. The molecule has 1 aliphatic rings. The molecule has 5 N–H and O–H groups in total. The van der Waals surface area contributed by atoms with Crippen molar-refractivity contribution in [1.29, 1.82) is 5.41 Å². The van der Waals surface area contributed by atoms with Crippen molar-refractivity contribution in [1.82, 2.24) is 5.32 Å². The van der Waals surface area contributed by atoms with Crippen LogP contribution in [0.15, 0.2) is 11.8 Å². The highest BCUT2D eigenvalue weighted by Crippen LogP contribution is 2.29. The quantitative estimate of drug-likeness (QED) is 0.512. The molecule has 0 amide bonds. The van der Waals surface area contributed by atoms with E-state index in [1.165, 1.54) is 12.4 Å². The lowest BCUT2D eigenvalue weighted by Gasteiger charge is -2.37. The van der Waals surface area contributed by atoms with E-state index in [0.717, 1.165) is 25.1 Å². The summed E-state index contributed by atoms with van der Waals surface area (Å²) in [6, 6.07) is 0. The highest BCUT2D eigenvalue weighted by atomic mass is 16.3. The lowest BCUT2D eigenvalue weighted by molar-refractivity contribution is 0.000682. The molecule has 4 heteroatoms. The van der Waals surface area contributed by atoms with Gasteiger partial charge in [0.25, 0.3) is 0 Å². The first kappa shape index (κ1) is 12.2. The molecule has 1 heterocycles. The molecule has 0 aromatic carbocycles. The average molecular weight is 211 g/mol. The maximum Gasteiger partial charge on any atom is 0.0632 e. The molecule has 1 saturated heterocycles. The Kier molecular flexibility index (Phi) is 3.88. The molecule has 0 aromatic heterocycles. The predicted octanol–water partition coefficient (Wildman–Crippen LogP) is 0.475. The Bertz CT molecular complexity index is 255. The van der Waals surface area contributed by atoms with Gasteiger partial charge in [-0.05, 0) is 38.0 Å². The molecule has 0 spiro atoms. The van der Waals surface area contributed by atoms with Gasteiger partial charge in [0.2, 0.25) is 0 Å². The number of hydrogen-bond acceptors (Lipinski definition) is 4. The van der Waals surface area contributed by atoms with Crippen LogP contribution >= 0.6 is 0 Å². The third kappa shape index (κ3) is 3.04. The fourth-order valence-electron chi connectivity index (χ4n) is 2.04. The Morgan fingerprint density at radius 2 is 2.20 bits per heavy atom. The van der Waals surface area contributed by atoms with Gasteiger partial charge in [0.15, 0.2) is 0 Å². The normalized spacial score (nSPS) is 28.9. The number of aliphatic hydroxyl groups is 1. The lowest BCUT2D eigenvalue weighted by Crippen LogP contribution is -2.46. The van der Waals surface area contributed by atoms with Crippen LogP contribution in [0.25, 0.3) is 0 Å². The minimum absolute atomic E-state index is 0.214. The molecule has 0 radical (unpaired) electrons. The number of nitrogens with two attached hydrogens (primary N) is 1. The fourth-order valence-corrected chi connectivity index (χ4v) is 2.04. The van der Waals surface area contributed by atoms with E-state index in [-0.39, 0.29) is 11.8 Å². The van der Waals surface area contributed by atoms with Gasteiger partial charge < -0.3 is 21.6 Å². The van der Waals surface area contributed by atoms with Crippen LogP contribution in [0.5, 0.6) is 0 Å². The molecule has 0 bridgehead atoms. The number of nitrogens with one attached hydrogen (secondary N) is 2. The standard InChI is InChI=1S/C11H21N3O/c1-11(2,15)10-3-8(6-14-7-10)9(4-12)5-13/h4-5,8,10,12,14-15H,3,6-7,13H2,1-2H3/b9-5+,12-4?. The topological polar surface area (TPSA) is 82.1 Å². The zero-order chi connectivity index (χ0) is 11.5. The Morgan fingerprint density at radius 1 is 1.53 bits per heavy atom. The molecular formula is C11H21N3O. The van der Waals surface area contributed by atoms with Gasteiger partial charge in [-0.2, -0.15) is 0 Å². The highest BCUT2D eigenvalue weighted by molar-refractivity contribution is 5.76. The van der Waals surface area contributed by atoms with Gasteiger partial charge in [0.1, 0.15) is 0 Å². The summed E-state index contributed by atoms with van der Waals surface area (Å²) in [5.41, 5.74) is 5.64. The van der Waals surface area contributed by atoms with Gasteiger partial charge in [0.05, 0.1) is 5.60 Å². The monoisotopic (exact) mass is 211 g/mol. The summed E-state index contributed by atoms with van der Waals surface area (Å²) in [6.45, 7) is 5.33. The van der Waals surface area contributed by atoms with Crippen LogP contribution in [-0.4, -0.2) is 30.0 Å². The van der Waals surface area contributed by atoms with Crippen molar-refractivity contribution in [2.24, 2.45) is 17.6 Å². The largest absolute Gasteiger partial charge is 0.404 e. The second kappa shape index (κ2) is 4.77. The van der Waals surface area contributed by atoms with E-state index in [0.29, 0.717) is 0 Å². The van der Waals surface area contributed by atoms with Crippen LogP contribution in [0, 0.1) is 17.2 Å². The van der Waals surface area contributed by atoms with Crippen molar-refractivity contribution >= 4 is 6.21 Å². The first-order valence-electron chi connectivity index (χ1n) is 5.34. The molecule has 1 aliphatic heterocycles. The Hall–Kier alpha value is -0.870. The van der Waals surface area contributed by atoms with Gasteiger partial charge in [0, 0.05) is 25.2 Å². The summed E-state index contributed by atoms with van der Waals surface area (Å²) in [6.07, 6.45) is 3.68. The third-order valence-electron chi connectivity index (χ3n) is 3.18. The van der Waals surface area contributed by atoms with E-state index in [9.17, 15) is 5.11 Å². The maximum atomic E-state index is 9.94. The van der Waals surface area contributed by atoms with Gasteiger partial charge >= 0.3 is 0 Å². The summed E-state index contributed by atoms with van der Waals surface area (Å²) in [4.78, 5) is 0. The summed E-state index contributed by atoms with van der Waals surface area (Å²) in [5, 5.41) is 20.5. The summed E-state index contributed by atoms with van der Waals surface area (Å²) >= 11 is 0. The predicted molar refractivity (Wildman–Crippen MR) is 61.8 cm³/mol. The Morgan fingerprint density at radius 3 is 2.67 bits per heavy atom. The van der Waals surface area contributed by atoms with Gasteiger partial charge in [-0.1, -0.05) is 0 Å². The molecule has 1 rings (SSSR count).